The quantitative estimate of drug-likeness (QED) is 0.0984. The molecule has 0 aliphatic carbocycles. The number of hydrogen-bond acceptors (Lipinski definition) is 3. The van der Waals surface area contributed by atoms with Gasteiger partial charge in [0.25, 0.3) is 0 Å². The standard InChI is InChI=1S/C30H42O3Si4.3C2H6.2CH4.H2/c1-4-23-36(26-34-6-3)37(25-5-2,33-30-20-14-9-15-21-30)27-35(32-29-18-12-8-13-19-29)24-22-31-28-16-10-7-11-17-28;3*1-2;;;/h4-5,7-21,35-36H,1-2,6,22-27,34H2,3H3;3*1-2H3;2*1H4;1H. The molecule has 3 aromatic carbocycles. The summed E-state index contributed by atoms with van der Waals surface area (Å²) in [7, 11) is -5.27. The molecule has 0 fully saturated rings. The van der Waals surface area contributed by atoms with Crippen molar-refractivity contribution in [3.05, 3.63) is 116 Å². The Kier molecular flexibility index (Phi) is 32.7. The Morgan fingerprint density at radius 1 is 0.733 bits per heavy atom. The van der Waals surface area contributed by atoms with Gasteiger partial charge in [0.05, 0.1) is 14.9 Å². The summed E-state index contributed by atoms with van der Waals surface area (Å²) in [4.78, 5) is 0. The fourth-order valence-electron chi connectivity index (χ4n) is 4.90. The highest BCUT2D eigenvalue weighted by atomic mass is 29.2. The Bertz CT molecular complexity index is 1050. The maximum absolute atomic E-state index is 7.20. The van der Waals surface area contributed by atoms with Crippen LogP contribution >= 0.6 is 0 Å². The fraction of sp³-hybridized carbons (Fsp3) is 0.421. The number of hydrogen-bond donors (Lipinski definition) is 0. The highest BCUT2D eigenvalue weighted by Crippen LogP contribution is 2.31. The average Bonchev–Trinajstić information content (AvgIpc) is 3.07. The van der Waals surface area contributed by atoms with Gasteiger partial charge in [-0.05, 0) is 48.5 Å². The Balaban J connectivity index is -0.000000924. The topological polar surface area (TPSA) is 27.7 Å². The highest BCUT2D eigenvalue weighted by Gasteiger charge is 2.47. The van der Waals surface area contributed by atoms with E-state index in [1.54, 1.807) is 0 Å². The van der Waals surface area contributed by atoms with Crippen LogP contribution < -0.4 is 13.6 Å². The second-order valence-electron chi connectivity index (χ2n) is 9.54. The summed E-state index contributed by atoms with van der Waals surface area (Å²) in [6, 6.07) is 35.2. The van der Waals surface area contributed by atoms with Gasteiger partial charge in [-0.15, -0.1) is 13.2 Å². The molecule has 0 radical (unpaired) electrons. The largest absolute Gasteiger partial charge is 0.547 e. The van der Waals surface area contributed by atoms with Crippen LogP contribution in [0, 0.1) is 0 Å². The predicted octanol–water partition coefficient (Wildman–Crippen LogP) is 11.3. The summed E-state index contributed by atoms with van der Waals surface area (Å²) in [5.74, 6) is 2.88. The molecule has 45 heavy (non-hydrogen) atoms. The number of para-hydroxylation sites is 3. The smallest absolute Gasteiger partial charge is 0.239 e. The van der Waals surface area contributed by atoms with Crippen molar-refractivity contribution < 1.29 is 15.0 Å². The zero-order valence-electron chi connectivity index (χ0n) is 28.3. The summed E-state index contributed by atoms with van der Waals surface area (Å²) in [5.41, 5.74) is 2.49. The molecule has 0 aromatic heterocycles. The Hall–Kier alpha value is -2.59. The Morgan fingerprint density at radius 2 is 1.22 bits per heavy atom. The molecular formula is C38H70O3Si4. The predicted molar refractivity (Wildman–Crippen MR) is 219 cm³/mol. The molecule has 3 unspecified atom stereocenters. The van der Waals surface area contributed by atoms with E-state index < -0.39 is 25.2 Å². The van der Waals surface area contributed by atoms with E-state index in [-0.39, 0.29) is 25.8 Å². The van der Waals surface area contributed by atoms with Crippen molar-refractivity contribution in [2.75, 3.05) is 6.61 Å². The first-order valence-corrected chi connectivity index (χ1v) is 26.4. The summed E-state index contributed by atoms with van der Waals surface area (Å²) in [6.07, 6.45) is 4.29. The van der Waals surface area contributed by atoms with E-state index in [0.717, 1.165) is 41.0 Å². The molecule has 0 bridgehead atoms. The first kappa shape index (κ1) is 46.8. The van der Waals surface area contributed by atoms with Gasteiger partial charge in [0.1, 0.15) is 17.2 Å². The van der Waals surface area contributed by atoms with E-state index >= 15 is 0 Å². The van der Waals surface area contributed by atoms with Crippen molar-refractivity contribution in [2.24, 2.45) is 0 Å². The molecule has 0 amide bonds. The van der Waals surface area contributed by atoms with E-state index in [4.69, 9.17) is 13.6 Å². The Morgan fingerprint density at radius 3 is 1.69 bits per heavy atom. The molecule has 0 heterocycles. The number of rotatable bonds is 18. The van der Waals surface area contributed by atoms with E-state index in [2.05, 4.69) is 86.8 Å². The third-order valence-electron chi connectivity index (χ3n) is 6.73. The molecule has 0 N–H and O–H groups in total. The third kappa shape index (κ3) is 18.8. The van der Waals surface area contributed by atoms with Crippen LogP contribution in [0.5, 0.6) is 17.2 Å². The van der Waals surface area contributed by atoms with Gasteiger partial charge < -0.3 is 13.6 Å². The first-order chi connectivity index (χ1) is 21.2. The molecule has 0 aliphatic rings. The lowest BCUT2D eigenvalue weighted by molar-refractivity contribution is 0.334. The minimum absolute atomic E-state index is 0. The van der Waals surface area contributed by atoms with Gasteiger partial charge in [-0.2, -0.15) is 0 Å². The second kappa shape index (κ2) is 31.4. The molecule has 0 saturated carbocycles. The highest BCUT2D eigenvalue weighted by molar-refractivity contribution is 7.34. The minimum atomic E-state index is -2.20. The lowest BCUT2D eigenvalue weighted by atomic mass is 10.3. The molecule has 0 saturated heterocycles. The van der Waals surface area contributed by atoms with E-state index in [0.29, 0.717) is 6.61 Å². The van der Waals surface area contributed by atoms with Crippen LogP contribution in [0.2, 0.25) is 35.5 Å². The number of ether oxygens (including phenoxy) is 1. The van der Waals surface area contributed by atoms with Crippen LogP contribution in [-0.4, -0.2) is 41.3 Å². The van der Waals surface area contributed by atoms with Crippen LogP contribution in [0.4, 0.5) is 0 Å². The third-order valence-corrected chi connectivity index (χ3v) is 32.9. The van der Waals surface area contributed by atoms with Gasteiger partial charge in [-0.3, -0.25) is 0 Å². The summed E-state index contributed by atoms with van der Waals surface area (Å²) >= 11 is 0. The zero-order chi connectivity index (χ0) is 32.2. The lowest BCUT2D eigenvalue weighted by Gasteiger charge is -2.39. The zero-order valence-corrected chi connectivity index (χ0v) is 33.0. The maximum atomic E-state index is 7.20. The van der Waals surface area contributed by atoms with Crippen molar-refractivity contribution >= 4 is 34.7 Å². The van der Waals surface area contributed by atoms with Crippen LogP contribution in [0.25, 0.3) is 0 Å². The Labute approximate surface area is 287 Å². The monoisotopic (exact) mass is 686 g/mol. The van der Waals surface area contributed by atoms with Crippen molar-refractivity contribution in [1.82, 2.24) is 0 Å². The molecule has 7 heteroatoms. The van der Waals surface area contributed by atoms with Gasteiger partial charge in [-0.1, -0.05) is 142 Å². The molecule has 3 nitrogen and oxygen atoms in total. The van der Waals surface area contributed by atoms with Gasteiger partial charge in [0, 0.05) is 22.7 Å². The fourth-order valence-corrected chi connectivity index (χ4v) is 37.8. The first-order valence-electron chi connectivity index (χ1n) is 16.5. The van der Waals surface area contributed by atoms with E-state index in [1.807, 2.05) is 77.9 Å². The van der Waals surface area contributed by atoms with Gasteiger partial charge >= 0.3 is 0 Å². The second-order valence-corrected chi connectivity index (χ2v) is 27.5. The van der Waals surface area contributed by atoms with Gasteiger partial charge in [0.2, 0.25) is 16.9 Å². The molecule has 0 aliphatic heterocycles. The van der Waals surface area contributed by atoms with Crippen molar-refractivity contribution in [1.29, 1.82) is 0 Å². The van der Waals surface area contributed by atoms with E-state index in [9.17, 15) is 0 Å². The average molecular weight is 687 g/mol. The van der Waals surface area contributed by atoms with Gasteiger partial charge in [0.15, 0.2) is 0 Å². The molecule has 0 spiro atoms. The molecule has 3 rings (SSSR count). The summed E-state index contributed by atoms with van der Waals surface area (Å²) < 4.78 is 20.2. The van der Waals surface area contributed by atoms with Crippen LogP contribution in [-0.2, 0) is 0 Å². The summed E-state index contributed by atoms with van der Waals surface area (Å²) in [5, 5.41) is 0. The molecule has 3 aromatic rings. The van der Waals surface area contributed by atoms with Gasteiger partial charge in [-0.25, -0.2) is 0 Å². The molecule has 3 atom stereocenters. The molecular weight excluding hydrogens is 617 g/mol. The normalized spacial score (nSPS) is 12.2. The van der Waals surface area contributed by atoms with E-state index in [1.165, 1.54) is 11.7 Å². The van der Waals surface area contributed by atoms with Crippen LogP contribution in [0.1, 0.15) is 64.7 Å². The number of allylic oxidation sites excluding steroid dienone is 2. The summed E-state index contributed by atoms with van der Waals surface area (Å²) in [6.45, 7) is 23.4. The van der Waals surface area contributed by atoms with Crippen molar-refractivity contribution in [3.8, 4) is 17.2 Å². The molecule has 256 valence electrons. The van der Waals surface area contributed by atoms with Crippen molar-refractivity contribution in [3.63, 3.8) is 0 Å². The SMILES string of the molecule is C.C.C=CC[SiH](C[SiH2]CC)[Si](CC=C)(C[SiH](CCOc1ccccc1)Oc1ccccc1)Oc1ccccc1.CC.CC.CC.[HH]. The van der Waals surface area contributed by atoms with Crippen molar-refractivity contribution in [2.45, 2.75) is 98.8 Å². The van der Waals surface area contributed by atoms with Crippen LogP contribution in [0.15, 0.2) is 116 Å². The lowest BCUT2D eigenvalue weighted by Crippen LogP contribution is -2.59. The van der Waals surface area contributed by atoms with Crippen LogP contribution in [0.3, 0.4) is 0 Å². The number of benzene rings is 3. The maximum Gasteiger partial charge on any atom is 0.239 e. The minimum Gasteiger partial charge on any atom is -0.547 e.